The number of allylic oxidation sites excluding steroid dienone is 4. The van der Waals surface area contributed by atoms with Crippen LogP contribution in [0.25, 0.3) is 0 Å². The second-order valence-electron chi connectivity index (χ2n) is 16.3. The maximum atomic E-state index is 14.6. The summed E-state index contributed by atoms with van der Waals surface area (Å²) in [5.41, 5.74) is 0.741. The van der Waals surface area contributed by atoms with Gasteiger partial charge in [0.15, 0.2) is 18.4 Å². The van der Waals surface area contributed by atoms with Crippen molar-refractivity contribution in [2.75, 3.05) is 28.3 Å². The summed E-state index contributed by atoms with van der Waals surface area (Å²) >= 11 is 0. The van der Waals surface area contributed by atoms with Crippen molar-refractivity contribution in [3.05, 3.63) is 23.8 Å². The molecule has 1 saturated carbocycles. The highest BCUT2D eigenvalue weighted by Crippen LogP contribution is 2.54. The van der Waals surface area contributed by atoms with Gasteiger partial charge in [0.1, 0.15) is 24.4 Å². The van der Waals surface area contributed by atoms with Crippen LogP contribution < -0.4 is 0 Å². The van der Waals surface area contributed by atoms with E-state index in [0.717, 1.165) is 50.5 Å². The number of nitrogens with zero attached hydrogens (tertiary/aromatic N) is 1. The minimum atomic E-state index is -0.990. The Morgan fingerprint density at radius 2 is 1.67 bits per heavy atom. The average Bonchev–Trinajstić information content (AvgIpc) is 3.68. The molecule has 3 aliphatic heterocycles. The summed E-state index contributed by atoms with van der Waals surface area (Å²) in [6, 6.07) is 0.333. The van der Waals surface area contributed by atoms with Crippen molar-refractivity contribution in [2.45, 2.75) is 153 Å². The number of hydrogen-bond donors (Lipinski definition) is 1. The number of carbonyl (C=O) groups excluding carboxylic acids is 2. The molecule has 0 bridgehead atoms. The molecule has 17 atom stereocenters. The topological polar surface area (TPSA) is 122 Å². The Labute approximate surface area is 304 Å². The lowest BCUT2D eigenvalue weighted by Crippen LogP contribution is -2.59. The van der Waals surface area contributed by atoms with E-state index in [1.54, 1.807) is 14.2 Å². The summed E-state index contributed by atoms with van der Waals surface area (Å²) in [6.07, 6.45) is 9.18. The lowest BCUT2D eigenvalue weighted by atomic mass is 9.70. The number of hydrogen-bond acceptors (Lipinski definition) is 11. The molecule has 3 saturated heterocycles. The van der Waals surface area contributed by atoms with Crippen LogP contribution in [0.2, 0.25) is 0 Å². The summed E-state index contributed by atoms with van der Waals surface area (Å²) in [6.45, 7) is 8.06. The Hall–Kier alpha value is -1.70. The van der Waals surface area contributed by atoms with Crippen LogP contribution in [0, 0.1) is 35.5 Å². The van der Waals surface area contributed by atoms with Gasteiger partial charge in [-0.1, -0.05) is 32.1 Å². The number of Topliss-reactive ketones (excluding diaryl/α,β-unsaturated/α-hetero) is 1. The standard InChI is InChI=1S/C40H63NO10/c1-9-25-11-10-12-33(51-35-16-15-32(41(5)6)22(3)47-35)21(2)36(43)31-19-29-27(30(31)20-34(42)49-25)14-13-24-17-26(18-28(24)29)50-40-37(44)39(46-8)38(45-7)23(4)48-40/h13-14,19,21-30,32-33,35,37-40,44H,9-12,15-18,20H2,1-8H3/t21-,22-,23+,24-,25+,26-,27-,28-,29?,30+,32+,33+,35-,37-,38+,39+,40+/m1/s1. The summed E-state index contributed by atoms with van der Waals surface area (Å²) in [5.74, 6) is -0.183. The van der Waals surface area contributed by atoms with Gasteiger partial charge in [0.2, 0.25) is 0 Å². The molecule has 0 aromatic rings. The Balaban J connectivity index is 1.20. The Bertz CT molecular complexity index is 1270. The predicted molar refractivity (Wildman–Crippen MR) is 189 cm³/mol. The molecule has 4 fully saturated rings. The molecule has 0 aromatic heterocycles. The molecule has 3 heterocycles. The zero-order valence-electron chi connectivity index (χ0n) is 32.0. The number of cyclic esters (lactones) is 1. The lowest BCUT2D eigenvalue weighted by molar-refractivity contribution is -0.310. The summed E-state index contributed by atoms with van der Waals surface area (Å²) in [5, 5.41) is 11.1. The minimum absolute atomic E-state index is 0.0217. The van der Waals surface area contributed by atoms with Gasteiger partial charge in [0, 0.05) is 32.1 Å². The van der Waals surface area contributed by atoms with Crippen molar-refractivity contribution in [2.24, 2.45) is 35.5 Å². The van der Waals surface area contributed by atoms with Gasteiger partial charge in [-0.3, -0.25) is 9.59 Å². The number of aliphatic hydroxyl groups is 1. The molecular formula is C40H63NO10. The SMILES string of the molecule is CC[C@H]1CCC[C@H](O[C@@H]2CC[C@H](N(C)C)[C@@H](C)O2)[C@@H](C)C(=O)C2=CC3[C@@H](C=C[C@@H]4C[C@@H](O[C@@H]5O[C@@H](C)[C@H](OC)[C@@H](OC)[C@H]5O)C[C@@H]34)[C@@H]2CC(=O)O1. The third-order valence-electron chi connectivity index (χ3n) is 13.0. The molecule has 1 unspecified atom stereocenters. The fourth-order valence-electron chi connectivity index (χ4n) is 10.2. The second-order valence-corrected chi connectivity index (χ2v) is 16.3. The first-order valence-corrected chi connectivity index (χ1v) is 19.6. The molecule has 3 aliphatic carbocycles. The smallest absolute Gasteiger partial charge is 0.306 e. The first-order chi connectivity index (χ1) is 24.4. The van der Waals surface area contributed by atoms with Crippen LogP contribution in [-0.2, 0) is 42.7 Å². The number of esters is 1. The van der Waals surface area contributed by atoms with E-state index < -0.39 is 24.6 Å². The van der Waals surface area contributed by atoms with E-state index in [2.05, 4.69) is 51.1 Å². The van der Waals surface area contributed by atoms with E-state index in [4.69, 9.17) is 33.2 Å². The van der Waals surface area contributed by atoms with Gasteiger partial charge >= 0.3 is 5.97 Å². The largest absolute Gasteiger partial charge is 0.462 e. The molecule has 0 radical (unpaired) electrons. The third kappa shape index (κ3) is 8.21. The van der Waals surface area contributed by atoms with Crippen LogP contribution in [0.4, 0.5) is 0 Å². The fourth-order valence-corrected chi connectivity index (χ4v) is 10.2. The monoisotopic (exact) mass is 717 g/mol. The number of rotatable bonds is 8. The first-order valence-electron chi connectivity index (χ1n) is 19.6. The number of fused-ring (bicyclic) bond motifs is 5. The normalized spacial score (nSPS) is 46.4. The second kappa shape index (κ2) is 16.8. The summed E-state index contributed by atoms with van der Waals surface area (Å²) < 4.78 is 42.8. The van der Waals surface area contributed by atoms with Crippen LogP contribution >= 0.6 is 0 Å². The van der Waals surface area contributed by atoms with Gasteiger partial charge < -0.3 is 43.2 Å². The van der Waals surface area contributed by atoms with Crippen molar-refractivity contribution < 1.29 is 47.9 Å². The number of likely N-dealkylation sites (N-methyl/N-ethyl adjacent to an activating group) is 1. The fraction of sp³-hybridized carbons (Fsp3) is 0.850. The highest BCUT2D eigenvalue weighted by molar-refractivity contribution is 5.99. The lowest BCUT2D eigenvalue weighted by Gasteiger charge is -2.42. The molecule has 11 heteroatoms. The van der Waals surface area contributed by atoms with Gasteiger partial charge in [-0.2, -0.15) is 0 Å². The van der Waals surface area contributed by atoms with E-state index >= 15 is 0 Å². The van der Waals surface area contributed by atoms with Gasteiger partial charge in [0.25, 0.3) is 0 Å². The molecule has 11 nitrogen and oxygen atoms in total. The molecule has 6 rings (SSSR count). The van der Waals surface area contributed by atoms with E-state index in [1.165, 1.54) is 0 Å². The molecule has 6 aliphatic rings. The highest BCUT2D eigenvalue weighted by atomic mass is 16.7. The molecular weight excluding hydrogens is 654 g/mol. The van der Waals surface area contributed by atoms with Crippen LogP contribution in [0.5, 0.6) is 0 Å². The molecule has 1 N–H and O–H groups in total. The molecule has 0 spiro atoms. The van der Waals surface area contributed by atoms with Gasteiger partial charge in [0.05, 0.1) is 30.8 Å². The van der Waals surface area contributed by atoms with Crippen molar-refractivity contribution in [1.82, 2.24) is 4.90 Å². The average molecular weight is 718 g/mol. The zero-order valence-corrected chi connectivity index (χ0v) is 32.0. The maximum Gasteiger partial charge on any atom is 0.306 e. The van der Waals surface area contributed by atoms with Crippen LogP contribution in [0.15, 0.2) is 23.8 Å². The highest BCUT2D eigenvalue weighted by Gasteiger charge is 2.52. The van der Waals surface area contributed by atoms with Crippen LogP contribution in [0.1, 0.15) is 85.5 Å². The number of methoxy groups -OCH3 is 2. The van der Waals surface area contributed by atoms with Crippen molar-refractivity contribution >= 4 is 11.8 Å². The summed E-state index contributed by atoms with van der Waals surface area (Å²) in [4.78, 5) is 30.3. The number of ketones is 1. The molecule has 288 valence electrons. The molecule has 0 aromatic carbocycles. The third-order valence-corrected chi connectivity index (χ3v) is 13.0. The molecule has 51 heavy (non-hydrogen) atoms. The zero-order chi connectivity index (χ0) is 36.6. The molecule has 0 amide bonds. The number of carbonyl (C=O) groups is 2. The maximum absolute atomic E-state index is 14.6. The van der Waals surface area contributed by atoms with E-state index in [9.17, 15) is 14.7 Å². The van der Waals surface area contributed by atoms with Crippen LogP contribution in [0.3, 0.4) is 0 Å². The van der Waals surface area contributed by atoms with Crippen LogP contribution in [-0.4, -0.2) is 118 Å². The van der Waals surface area contributed by atoms with Gasteiger partial charge in [-0.05, 0) is 109 Å². The van der Waals surface area contributed by atoms with E-state index in [0.29, 0.717) is 12.5 Å². The Morgan fingerprint density at radius 1 is 0.902 bits per heavy atom. The van der Waals surface area contributed by atoms with E-state index in [1.807, 2.05) is 13.8 Å². The minimum Gasteiger partial charge on any atom is -0.462 e. The van der Waals surface area contributed by atoms with E-state index in [-0.39, 0.29) is 90.5 Å². The number of aliphatic hydroxyl groups excluding tert-OH is 1. The quantitative estimate of drug-likeness (QED) is 0.275. The Morgan fingerprint density at radius 3 is 2.35 bits per heavy atom. The van der Waals surface area contributed by atoms with Gasteiger partial charge in [-0.25, -0.2) is 0 Å². The summed E-state index contributed by atoms with van der Waals surface area (Å²) in [7, 11) is 7.32. The van der Waals surface area contributed by atoms with Crippen molar-refractivity contribution in [3.8, 4) is 0 Å². The Kier molecular flexibility index (Phi) is 12.8. The predicted octanol–water partition coefficient (Wildman–Crippen LogP) is 4.83. The van der Waals surface area contributed by atoms with Gasteiger partial charge in [-0.15, -0.1) is 0 Å². The first kappa shape index (κ1) is 39.0. The van der Waals surface area contributed by atoms with Crippen molar-refractivity contribution in [1.29, 1.82) is 0 Å². The number of ether oxygens (including phenoxy) is 7. The van der Waals surface area contributed by atoms with Crippen molar-refractivity contribution in [3.63, 3.8) is 0 Å².